The lowest BCUT2D eigenvalue weighted by molar-refractivity contribution is -0.179. The van der Waals surface area contributed by atoms with E-state index in [0.717, 1.165) is 51.4 Å². The molecular weight excluding hydrogens is 348 g/mol. The molecule has 3 aliphatic rings. The first kappa shape index (κ1) is 19.9. The molecule has 1 aliphatic carbocycles. The Hall–Kier alpha value is -1.39. The van der Waals surface area contributed by atoms with Gasteiger partial charge in [-0.1, -0.05) is 43.2 Å². The number of amides is 1. The summed E-state index contributed by atoms with van der Waals surface area (Å²) in [7, 11) is 0. The van der Waals surface area contributed by atoms with Crippen molar-refractivity contribution in [2.24, 2.45) is 0 Å². The van der Waals surface area contributed by atoms with E-state index in [0.29, 0.717) is 0 Å². The third kappa shape index (κ3) is 4.13. The molecule has 0 aromatic heterocycles. The summed E-state index contributed by atoms with van der Waals surface area (Å²) in [5.41, 5.74) is 1.17. The van der Waals surface area contributed by atoms with Gasteiger partial charge >= 0.3 is 0 Å². The van der Waals surface area contributed by atoms with Crippen molar-refractivity contribution in [3.05, 3.63) is 35.9 Å². The number of carbonyl (C=O) groups is 1. The van der Waals surface area contributed by atoms with Crippen LogP contribution in [0.25, 0.3) is 0 Å². The molecule has 4 heteroatoms. The van der Waals surface area contributed by atoms with Crippen molar-refractivity contribution >= 4 is 5.91 Å². The van der Waals surface area contributed by atoms with E-state index in [2.05, 4.69) is 47.1 Å². The van der Waals surface area contributed by atoms with Crippen molar-refractivity contribution in [2.45, 2.75) is 89.0 Å². The van der Waals surface area contributed by atoms with Gasteiger partial charge in [0.15, 0.2) is 0 Å². The number of benzene rings is 1. The van der Waals surface area contributed by atoms with Crippen molar-refractivity contribution in [1.29, 1.82) is 0 Å². The second kappa shape index (κ2) is 8.54. The van der Waals surface area contributed by atoms with Crippen LogP contribution in [-0.2, 0) is 9.53 Å². The predicted octanol–water partition coefficient (Wildman–Crippen LogP) is 4.55. The van der Waals surface area contributed by atoms with Gasteiger partial charge in [-0.15, -0.1) is 0 Å². The van der Waals surface area contributed by atoms with Crippen LogP contribution in [0, 0.1) is 0 Å². The SMILES string of the molecule is CCN(C(C)=O)[C@H]1C[C@@H](c2ccccc2)OC2(CCN(C3CCCC3)CC2)C1. The predicted molar refractivity (Wildman–Crippen MR) is 112 cm³/mol. The molecule has 0 unspecified atom stereocenters. The minimum atomic E-state index is -0.0819. The molecule has 1 saturated carbocycles. The van der Waals surface area contributed by atoms with Crippen molar-refractivity contribution < 1.29 is 9.53 Å². The van der Waals surface area contributed by atoms with E-state index in [1.165, 1.54) is 31.2 Å². The van der Waals surface area contributed by atoms with E-state index >= 15 is 0 Å². The zero-order valence-corrected chi connectivity index (χ0v) is 17.6. The number of rotatable bonds is 4. The maximum Gasteiger partial charge on any atom is 0.219 e. The molecule has 154 valence electrons. The summed E-state index contributed by atoms with van der Waals surface area (Å²) in [6.45, 7) is 6.89. The summed E-state index contributed by atoms with van der Waals surface area (Å²) in [5.74, 6) is 0.194. The number of hydrogen-bond donors (Lipinski definition) is 0. The summed E-state index contributed by atoms with van der Waals surface area (Å²) < 4.78 is 6.85. The lowest BCUT2D eigenvalue weighted by atomic mass is 9.79. The quantitative estimate of drug-likeness (QED) is 0.763. The summed E-state index contributed by atoms with van der Waals surface area (Å²) in [4.78, 5) is 17.1. The van der Waals surface area contributed by atoms with Gasteiger partial charge in [0, 0.05) is 38.6 Å². The van der Waals surface area contributed by atoms with E-state index in [-0.39, 0.29) is 23.7 Å². The Kier molecular flexibility index (Phi) is 6.07. The maximum atomic E-state index is 12.3. The number of ether oxygens (including phenoxy) is 1. The first-order valence-corrected chi connectivity index (χ1v) is 11.3. The van der Waals surface area contributed by atoms with Gasteiger partial charge in [0.05, 0.1) is 11.7 Å². The van der Waals surface area contributed by atoms with Gasteiger partial charge in [-0.05, 0) is 51.0 Å². The Morgan fingerprint density at radius 3 is 2.46 bits per heavy atom. The number of nitrogens with zero attached hydrogens (tertiary/aromatic N) is 2. The zero-order chi connectivity index (χ0) is 19.6. The molecule has 3 fully saturated rings. The Morgan fingerprint density at radius 1 is 1.18 bits per heavy atom. The van der Waals surface area contributed by atoms with Crippen molar-refractivity contribution in [2.75, 3.05) is 19.6 Å². The molecule has 0 bridgehead atoms. The monoisotopic (exact) mass is 384 g/mol. The van der Waals surface area contributed by atoms with Crippen LogP contribution in [0.4, 0.5) is 0 Å². The van der Waals surface area contributed by atoms with E-state index in [1.54, 1.807) is 6.92 Å². The second-order valence-electron chi connectivity index (χ2n) is 9.07. The Bertz CT molecular complexity index is 648. The standard InChI is InChI=1S/C24H36N2O2/c1-3-26(19(2)27)22-17-23(20-9-5-4-6-10-20)28-24(18-22)13-15-25(16-14-24)21-11-7-8-12-21/h4-6,9-10,21-23H,3,7-8,11-18H2,1-2H3/t22-,23-/m0/s1. The molecule has 1 amide bonds. The van der Waals surface area contributed by atoms with Gasteiger partial charge in [0.25, 0.3) is 0 Å². The topological polar surface area (TPSA) is 32.8 Å². The van der Waals surface area contributed by atoms with Gasteiger partial charge in [-0.2, -0.15) is 0 Å². The van der Waals surface area contributed by atoms with Crippen LogP contribution in [0.15, 0.2) is 30.3 Å². The van der Waals surface area contributed by atoms with Crippen molar-refractivity contribution in [3.63, 3.8) is 0 Å². The van der Waals surface area contributed by atoms with Crippen LogP contribution in [0.5, 0.6) is 0 Å². The molecule has 1 spiro atoms. The van der Waals surface area contributed by atoms with Crippen LogP contribution in [0.1, 0.15) is 76.9 Å². The molecule has 0 N–H and O–H groups in total. The molecule has 4 nitrogen and oxygen atoms in total. The fourth-order valence-electron chi connectivity index (χ4n) is 5.89. The normalized spacial score (nSPS) is 28.5. The van der Waals surface area contributed by atoms with Crippen LogP contribution in [0.2, 0.25) is 0 Å². The second-order valence-corrected chi connectivity index (χ2v) is 9.07. The first-order chi connectivity index (χ1) is 13.6. The summed E-state index contributed by atoms with van der Waals surface area (Å²) in [6.07, 6.45) is 9.71. The van der Waals surface area contributed by atoms with E-state index < -0.39 is 0 Å². The molecule has 1 aromatic rings. The molecule has 1 aromatic carbocycles. The average Bonchev–Trinajstić information content (AvgIpc) is 3.24. The molecule has 2 atom stereocenters. The summed E-state index contributed by atoms with van der Waals surface area (Å²) in [5, 5.41) is 0. The third-order valence-corrected chi connectivity index (χ3v) is 7.39. The fraction of sp³-hybridized carbons (Fsp3) is 0.708. The molecule has 2 aliphatic heterocycles. The summed E-state index contributed by atoms with van der Waals surface area (Å²) >= 11 is 0. The third-order valence-electron chi connectivity index (χ3n) is 7.39. The number of carbonyl (C=O) groups excluding carboxylic acids is 1. The van der Waals surface area contributed by atoms with E-state index in [9.17, 15) is 4.79 Å². The highest BCUT2D eigenvalue weighted by atomic mass is 16.5. The highest BCUT2D eigenvalue weighted by molar-refractivity contribution is 5.73. The number of piperidine rings is 1. The molecule has 0 radical (unpaired) electrons. The fourth-order valence-corrected chi connectivity index (χ4v) is 5.89. The van der Waals surface area contributed by atoms with Gasteiger partial charge in [-0.25, -0.2) is 0 Å². The minimum Gasteiger partial charge on any atom is -0.367 e. The maximum absolute atomic E-state index is 12.3. The zero-order valence-electron chi connectivity index (χ0n) is 17.6. The lowest BCUT2D eigenvalue weighted by Crippen LogP contribution is -2.56. The van der Waals surface area contributed by atoms with Gasteiger partial charge in [0.1, 0.15) is 0 Å². The minimum absolute atomic E-state index is 0.0819. The van der Waals surface area contributed by atoms with Gasteiger partial charge < -0.3 is 14.5 Å². The van der Waals surface area contributed by atoms with Crippen LogP contribution >= 0.6 is 0 Å². The lowest BCUT2D eigenvalue weighted by Gasteiger charge is -2.51. The first-order valence-electron chi connectivity index (χ1n) is 11.3. The van der Waals surface area contributed by atoms with Crippen LogP contribution in [0.3, 0.4) is 0 Å². The van der Waals surface area contributed by atoms with Crippen LogP contribution in [-0.4, -0.2) is 53.0 Å². The number of hydrogen-bond acceptors (Lipinski definition) is 3. The Labute approximate surface area is 170 Å². The van der Waals surface area contributed by atoms with Crippen molar-refractivity contribution in [1.82, 2.24) is 9.80 Å². The van der Waals surface area contributed by atoms with E-state index in [4.69, 9.17) is 4.74 Å². The van der Waals surface area contributed by atoms with E-state index in [1.807, 2.05) is 0 Å². The number of likely N-dealkylation sites (tertiary alicyclic amines) is 1. The highest BCUT2D eigenvalue weighted by Gasteiger charge is 2.46. The molecule has 28 heavy (non-hydrogen) atoms. The molecular formula is C24H36N2O2. The van der Waals surface area contributed by atoms with Gasteiger partial charge in [-0.3, -0.25) is 4.79 Å². The average molecular weight is 385 g/mol. The van der Waals surface area contributed by atoms with Crippen molar-refractivity contribution in [3.8, 4) is 0 Å². The molecule has 2 saturated heterocycles. The van der Waals surface area contributed by atoms with Gasteiger partial charge in [0.2, 0.25) is 5.91 Å². The summed E-state index contributed by atoms with van der Waals surface area (Å²) in [6, 6.07) is 11.7. The largest absolute Gasteiger partial charge is 0.367 e. The smallest absolute Gasteiger partial charge is 0.219 e. The Morgan fingerprint density at radius 2 is 1.86 bits per heavy atom. The highest BCUT2D eigenvalue weighted by Crippen LogP contribution is 2.45. The molecule has 4 rings (SSSR count). The van der Waals surface area contributed by atoms with Crippen LogP contribution < -0.4 is 0 Å². The Balaban J connectivity index is 1.53. The molecule has 2 heterocycles.